The molecule has 0 bridgehead atoms. The average Bonchev–Trinajstić information content (AvgIpc) is 2.25. The van der Waals surface area contributed by atoms with Gasteiger partial charge >= 0.3 is 12.1 Å². The van der Waals surface area contributed by atoms with Gasteiger partial charge in [-0.1, -0.05) is 0 Å². The van der Waals surface area contributed by atoms with Gasteiger partial charge in [-0.05, 0) is 12.8 Å². The summed E-state index contributed by atoms with van der Waals surface area (Å²) in [6, 6.07) is -0.0254. The minimum atomic E-state index is -0.759. The van der Waals surface area contributed by atoms with Gasteiger partial charge in [-0.2, -0.15) is 0 Å². The highest BCUT2D eigenvalue weighted by Crippen LogP contribution is 2.09. The molecule has 92 valence electrons. The smallest absolute Gasteiger partial charge is 0.404 e. The maximum Gasteiger partial charge on any atom is 0.404 e. The number of nitrogens with two attached hydrogens (primary N) is 2. The maximum atomic E-state index is 10.9. The Hall–Kier alpha value is -1.50. The molecule has 0 spiro atoms. The van der Waals surface area contributed by atoms with Gasteiger partial charge in [0.2, 0.25) is 0 Å². The van der Waals surface area contributed by atoms with Crippen molar-refractivity contribution in [1.29, 1.82) is 0 Å². The molecule has 7 nitrogen and oxygen atoms in total. The molecule has 16 heavy (non-hydrogen) atoms. The number of primary amides is 2. The summed E-state index contributed by atoms with van der Waals surface area (Å²) in [5.74, 6) is 0. The summed E-state index contributed by atoms with van der Waals surface area (Å²) in [6.45, 7) is 2.18. The van der Waals surface area contributed by atoms with E-state index in [2.05, 4.69) is 10.1 Å². The van der Waals surface area contributed by atoms with Crippen molar-refractivity contribution >= 4 is 12.1 Å². The fourth-order valence-electron chi connectivity index (χ4n) is 1.72. The van der Waals surface area contributed by atoms with Crippen LogP contribution in [-0.2, 0) is 4.74 Å². The van der Waals surface area contributed by atoms with Crippen molar-refractivity contribution < 1.29 is 14.3 Å². The van der Waals surface area contributed by atoms with Crippen LogP contribution >= 0.6 is 0 Å². The molecular weight excluding hydrogens is 212 g/mol. The number of hydrogen-bond donors (Lipinski definition) is 3. The summed E-state index contributed by atoms with van der Waals surface area (Å²) in [5.41, 5.74) is 9.98. The fourth-order valence-corrected chi connectivity index (χ4v) is 1.72. The van der Waals surface area contributed by atoms with E-state index < -0.39 is 6.09 Å². The van der Waals surface area contributed by atoms with Gasteiger partial charge in [-0.25, -0.2) is 9.59 Å². The number of rotatable bonds is 4. The number of nitrogens with zero attached hydrogens (tertiary/aromatic N) is 1. The topological polar surface area (TPSA) is 111 Å². The molecule has 1 saturated heterocycles. The zero-order valence-corrected chi connectivity index (χ0v) is 9.15. The molecule has 1 aliphatic rings. The van der Waals surface area contributed by atoms with Crippen LogP contribution in [0, 0.1) is 0 Å². The molecule has 1 rings (SSSR count). The molecule has 1 heterocycles. The summed E-state index contributed by atoms with van der Waals surface area (Å²) in [7, 11) is 0. The lowest BCUT2D eigenvalue weighted by molar-refractivity contribution is 0.151. The second kappa shape index (κ2) is 6.16. The van der Waals surface area contributed by atoms with E-state index in [1.165, 1.54) is 0 Å². The van der Waals surface area contributed by atoms with Crippen molar-refractivity contribution in [2.75, 3.05) is 26.2 Å². The standard InChI is InChI=1S/C9H18N4O3/c10-8(14)13-4-1-7(2-5-13)12-3-6-16-9(11)15/h7,12H,1-6H2,(H2,10,14)(H2,11,15). The van der Waals surface area contributed by atoms with Gasteiger partial charge in [0.1, 0.15) is 6.61 Å². The van der Waals surface area contributed by atoms with Crippen LogP contribution < -0.4 is 16.8 Å². The molecule has 0 atom stereocenters. The number of hydrogen-bond acceptors (Lipinski definition) is 4. The third-order valence-corrected chi connectivity index (χ3v) is 2.59. The van der Waals surface area contributed by atoms with Crippen LogP contribution in [0.4, 0.5) is 9.59 Å². The minimum absolute atomic E-state index is 0.269. The van der Waals surface area contributed by atoms with E-state index in [0.717, 1.165) is 12.8 Å². The lowest BCUT2D eigenvalue weighted by Gasteiger charge is -2.31. The normalized spacial score (nSPS) is 17.1. The Balaban J connectivity index is 2.08. The number of likely N-dealkylation sites (tertiary alicyclic amines) is 1. The number of urea groups is 1. The number of carbonyl (C=O) groups is 2. The molecule has 7 heteroatoms. The molecule has 1 aliphatic heterocycles. The third-order valence-electron chi connectivity index (χ3n) is 2.59. The maximum absolute atomic E-state index is 10.9. The molecule has 0 aromatic carbocycles. The zero-order chi connectivity index (χ0) is 12.0. The Bertz CT molecular complexity index is 251. The summed E-state index contributed by atoms with van der Waals surface area (Å²) < 4.78 is 4.58. The van der Waals surface area contributed by atoms with Crippen molar-refractivity contribution in [1.82, 2.24) is 10.2 Å². The molecular formula is C9H18N4O3. The number of carbonyl (C=O) groups excluding carboxylic acids is 2. The predicted octanol–water partition coefficient (Wildman–Crippen LogP) is -0.786. The van der Waals surface area contributed by atoms with Crippen molar-refractivity contribution in [2.24, 2.45) is 11.5 Å². The van der Waals surface area contributed by atoms with Gasteiger partial charge in [0.25, 0.3) is 0 Å². The molecule has 0 aromatic rings. The molecule has 3 amide bonds. The molecule has 1 fully saturated rings. The molecule has 0 aliphatic carbocycles. The summed E-state index contributed by atoms with van der Waals surface area (Å²) in [5, 5.41) is 3.22. The first-order valence-electron chi connectivity index (χ1n) is 5.29. The SMILES string of the molecule is NC(=O)OCCNC1CCN(C(N)=O)CC1. The largest absolute Gasteiger partial charge is 0.448 e. The van der Waals surface area contributed by atoms with Crippen molar-refractivity contribution in [3.05, 3.63) is 0 Å². The van der Waals surface area contributed by atoms with E-state index in [9.17, 15) is 9.59 Å². The van der Waals surface area contributed by atoms with Gasteiger partial charge in [0, 0.05) is 25.7 Å². The lowest BCUT2D eigenvalue weighted by atomic mass is 10.1. The summed E-state index contributed by atoms with van der Waals surface area (Å²) in [6.07, 6.45) is 0.962. The number of amides is 3. The highest BCUT2D eigenvalue weighted by Gasteiger charge is 2.20. The second-order valence-electron chi connectivity index (χ2n) is 3.72. The van der Waals surface area contributed by atoms with Gasteiger partial charge in [0.05, 0.1) is 0 Å². The number of nitrogens with one attached hydrogen (secondary N) is 1. The minimum Gasteiger partial charge on any atom is -0.448 e. The van der Waals surface area contributed by atoms with Crippen LogP contribution in [-0.4, -0.2) is 49.3 Å². The summed E-state index contributed by atoms with van der Waals surface area (Å²) >= 11 is 0. The van der Waals surface area contributed by atoms with Crippen LogP contribution in [0.3, 0.4) is 0 Å². The fraction of sp³-hybridized carbons (Fsp3) is 0.778. The van der Waals surface area contributed by atoms with E-state index in [1.807, 2.05) is 0 Å². The highest BCUT2D eigenvalue weighted by molar-refractivity contribution is 5.72. The van der Waals surface area contributed by atoms with Crippen LogP contribution in [0.15, 0.2) is 0 Å². The van der Waals surface area contributed by atoms with E-state index >= 15 is 0 Å². The van der Waals surface area contributed by atoms with Gasteiger partial charge in [-0.3, -0.25) is 0 Å². The Kier molecular flexibility index (Phi) is 4.84. The van der Waals surface area contributed by atoms with E-state index in [0.29, 0.717) is 25.7 Å². The van der Waals surface area contributed by atoms with Gasteiger partial charge < -0.3 is 26.4 Å². The Morgan fingerprint density at radius 3 is 2.44 bits per heavy atom. The quantitative estimate of drug-likeness (QED) is 0.550. The molecule has 0 radical (unpaired) electrons. The lowest BCUT2D eigenvalue weighted by Crippen LogP contribution is -2.47. The van der Waals surface area contributed by atoms with E-state index in [-0.39, 0.29) is 12.6 Å². The Morgan fingerprint density at radius 2 is 1.94 bits per heavy atom. The first-order chi connectivity index (χ1) is 7.59. The van der Waals surface area contributed by atoms with Crippen molar-refractivity contribution in [2.45, 2.75) is 18.9 Å². The van der Waals surface area contributed by atoms with E-state index in [4.69, 9.17) is 11.5 Å². The molecule has 0 unspecified atom stereocenters. The molecule has 0 aromatic heterocycles. The van der Waals surface area contributed by atoms with Crippen LogP contribution in [0.2, 0.25) is 0 Å². The first-order valence-corrected chi connectivity index (χ1v) is 5.29. The Morgan fingerprint density at radius 1 is 1.31 bits per heavy atom. The first kappa shape index (κ1) is 12.6. The number of ether oxygens (including phenoxy) is 1. The van der Waals surface area contributed by atoms with E-state index in [1.54, 1.807) is 4.90 Å². The number of piperidine rings is 1. The van der Waals surface area contributed by atoms with Gasteiger partial charge in [0.15, 0.2) is 0 Å². The molecule has 5 N–H and O–H groups in total. The Labute approximate surface area is 94.1 Å². The predicted molar refractivity (Wildman–Crippen MR) is 57.7 cm³/mol. The monoisotopic (exact) mass is 230 g/mol. The van der Waals surface area contributed by atoms with Gasteiger partial charge in [-0.15, -0.1) is 0 Å². The molecule has 0 saturated carbocycles. The van der Waals surface area contributed by atoms with Crippen molar-refractivity contribution in [3.63, 3.8) is 0 Å². The average molecular weight is 230 g/mol. The van der Waals surface area contributed by atoms with Crippen LogP contribution in [0.25, 0.3) is 0 Å². The second-order valence-corrected chi connectivity index (χ2v) is 3.72. The zero-order valence-electron chi connectivity index (χ0n) is 9.15. The van der Waals surface area contributed by atoms with Crippen molar-refractivity contribution in [3.8, 4) is 0 Å². The van der Waals surface area contributed by atoms with Crippen LogP contribution in [0.5, 0.6) is 0 Å². The highest BCUT2D eigenvalue weighted by atomic mass is 16.5. The third kappa shape index (κ3) is 4.35. The van der Waals surface area contributed by atoms with Crippen LogP contribution in [0.1, 0.15) is 12.8 Å². The summed E-state index contributed by atoms with van der Waals surface area (Å²) in [4.78, 5) is 22.8.